The molecule has 0 unspecified atom stereocenters. The van der Waals surface area contributed by atoms with Crippen LogP contribution >= 0.6 is 0 Å². The molecule has 0 rings (SSSR count). The fourth-order valence-electron chi connectivity index (χ4n) is 11.1. The molecule has 6 heteroatoms. The molecule has 118 heavy (non-hydrogen) atoms. The van der Waals surface area contributed by atoms with Crippen LogP contribution in [0.15, 0.2) is 0 Å². The SMILES string of the molecule is CC(C)C(C)C.CC(C)CC(C)C.CC(C)CCC(C)C.CC(C)CCCC(C)C.CC(C)CCCCC(C)C.CC(C)CCCCCC(C)C.CC(C)CCCCCCC(C)C.CC(C)CCCCCCCCC(C)C.CC(C)CCNC(C)C.CC(C)CNC(C)C.CC(C)NC(C)C.CC(C)NCC(=O)C(C)C.CC(C)OC(C)C. The van der Waals surface area contributed by atoms with E-state index in [0.717, 1.165) is 120 Å². The highest BCUT2D eigenvalue weighted by Gasteiger charge is 2.08. The van der Waals surface area contributed by atoms with Crippen LogP contribution < -0.4 is 21.3 Å². The van der Waals surface area contributed by atoms with Crippen LogP contribution in [0.25, 0.3) is 0 Å². The fraction of sp³-hybridized carbons (Fsp3) is 0.991. The topological polar surface area (TPSA) is 74.4 Å². The highest BCUT2D eigenvalue weighted by Crippen LogP contribution is 2.18. The van der Waals surface area contributed by atoms with Gasteiger partial charge in [-0.2, -0.15) is 0 Å². The summed E-state index contributed by atoms with van der Waals surface area (Å²) < 4.78 is 5.25. The van der Waals surface area contributed by atoms with E-state index in [0.29, 0.717) is 49.0 Å². The van der Waals surface area contributed by atoms with Gasteiger partial charge in [0.2, 0.25) is 0 Å². The number of unbranched alkanes of at least 4 members (excludes halogenated alkanes) is 11. The molecule has 0 amide bonds. The minimum Gasteiger partial charge on any atom is -0.376 e. The molecule has 0 aromatic carbocycles. The lowest BCUT2D eigenvalue weighted by molar-refractivity contribution is -0.121. The molecule has 0 saturated heterocycles. The van der Waals surface area contributed by atoms with Crippen LogP contribution in [0.5, 0.6) is 0 Å². The molecule has 0 bridgehead atoms. The Kier molecular flexibility index (Phi) is 137. The summed E-state index contributed by atoms with van der Waals surface area (Å²) in [6.45, 7) is 118. The van der Waals surface area contributed by atoms with E-state index in [1.165, 1.54) is 193 Å². The lowest BCUT2D eigenvalue weighted by Gasteiger charge is -2.10. The Bertz CT molecular complexity index is 1510. The van der Waals surface area contributed by atoms with Crippen LogP contribution in [-0.4, -0.2) is 67.8 Å². The van der Waals surface area contributed by atoms with E-state index in [1.807, 2.05) is 55.4 Å². The van der Waals surface area contributed by atoms with Gasteiger partial charge in [0.1, 0.15) is 5.78 Å². The van der Waals surface area contributed by atoms with Crippen molar-refractivity contribution in [2.75, 3.05) is 19.6 Å². The number of carbonyl (C=O) groups is 1. The fourth-order valence-corrected chi connectivity index (χ4v) is 11.1. The maximum Gasteiger partial charge on any atom is 0.149 e. The number of ketones is 1. The second-order valence-corrected chi connectivity index (χ2v) is 45.5. The number of hydrogen-bond donors (Lipinski definition) is 4. The Hall–Kier alpha value is -0.530. The number of nitrogens with one attached hydrogen (secondary N) is 4. The van der Waals surface area contributed by atoms with Crippen LogP contribution in [0.4, 0.5) is 0 Å². The Morgan fingerprint density at radius 1 is 0.203 bits per heavy atom. The van der Waals surface area contributed by atoms with Crippen molar-refractivity contribution in [2.24, 2.45) is 112 Å². The van der Waals surface area contributed by atoms with Crippen LogP contribution in [0.2, 0.25) is 0 Å². The summed E-state index contributed by atoms with van der Waals surface area (Å²) in [7, 11) is 0. The molecule has 6 nitrogen and oxygen atoms in total. The van der Waals surface area contributed by atoms with Crippen molar-refractivity contribution in [2.45, 2.75) is 595 Å². The molecule has 0 aliphatic carbocycles. The molecule has 0 aromatic heterocycles. The lowest BCUT2D eigenvalue weighted by atomic mass is 10.0. The van der Waals surface area contributed by atoms with E-state index >= 15 is 0 Å². The van der Waals surface area contributed by atoms with E-state index in [2.05, 4.69) is 326 Å². The number of ether oxygens (including phenoxy) is 1. The lowest BCUT2D eigenvalue weighted by Crippen LogP contribution is -2.31. The summed E-state index contributed by atoms with van der Waals surface area (Å²) in [5.41, 5.74) is 0. The summed E-state index contributed by atoms with van der Waals surface area (Å²) in [5, 5.41) is 13.1. The normalized spacial score (nSPS) is 11.3. The van der Waals surface area contributed by atoms with Gasteiger partial charge in [-0.05, 0) is 160 Å². The van der Waals surface area contributed by atoms with E-state index in [9.17, 15) is 4.79 Å². The van der Waals surface area contributed by atoms with E-state index in [1.54, 1.807) is 0 Å². The first-order valence-electron chi connectivity index (χ1n) is 52.2. The van der Waals surface area contributed by atoms with E-state index < -0.39 is 0 Å². The molecule has 0 aliphatic heterocycles. The summed E-state index contributed by atoms with van der Waals surface area (Å²) in [4.78, 5) is 11.0. The van der Waals surface area contributed by atoms with Gasteiger partial charge in [-0.25, -0.2) is 0 Å². The first-order valence-corrected chi connectivity index (χ1v) is 52.2. The molecule has 0 aliphatic rings. The molecule has 0 atom stereocenters. The molecule has 732 valence electrons. The summed E-state index contributed by atoms with van der Waals surface area (Å²) in [6.07, 6.45) is 43.4. The van der Waals surface area contributed by atoms with Gasteiger partial charge in [-0.3, -0.25) is 4.79 Å². The van der Waals surface area contributed by atoms with Gasteiger partial charge < -0.3 is 26.0 Å². The van der Waals surface area contributed by atoms with Crippen molar-refractivity contribution in [3.63, 3.8) is 0 Å². The van der Waals surface area contributed by atoms with Gasteiger partial charge in [0.25, 0.3) is 0 Å². The molecule has 0 aromatic rings. The average molecular weight is 1690 g/mol. The largest absolute Gasteiger partial charge is 0.376 e. The molecule has 0 fully saturated rings. The Balaban J connectivity index is -0.0000000926. The van der Waals surface area contributed by atoms with Crippen molar-refractivity contribution in [3.8, 4) is 0 Å². The molecule has 0 radical (unpaired) electrons. The average Bonchev–Trinajstić information content (AvgIpc) is 1.00. The zero-order valence-corrected chi connectivity index (χ0v) is 93.7. The second kappa shape index (κ2) is 111. The van der Waals surface area contributed by atoms with Crippen molar-refractivity contribution in [1.82, 2.24) is 21.3 Å². The van der Waals surface area contributed by atoms with Crippen molar-refractivity contribution in [1.29, 1.82) is 0 Å². The van der Waals surface area contributed by atoms with Crippen LogP contribution in [0, 0.1) is 112 Å². The van der Waals surface area contributed by atoms with Crippen molar-refractivity contribution in [3.05, 3.63) is 0 Å². The molecular formula is C112H252N4O2. The number of carbonyl (C=O) groups excluding carboxylic acids is 1. The van der Waals surface area contributed by atoms with Crippen molar-refractivity contribution < 1.29 is 9.53 Å². The quantitative estimate of drug-likeness (QED) is 0.0455. The Morgan fingerprint density at radius 2 is 0.407 bits per heavy atom. The Morgan fingerprint density at radius 3 is 0.542 bits per heavy atom. The van der Waals surface area contributed by atoms with Gasteiger partial charge >= 0.3 is 0 Å². The third kappa shape index (κ3) is 228. The van der Waals surface area contributed by atoms with E-state index in [4.69, 9.17) is 4.74 Å². The highest BCUT2D eigenvalue weighted by atomic mass is 16.5. The van der Waals surface area contributed by atoms with Gasteiger partial charge in [0, 0.05) is 36.1 Å². The molecular weight excluding hydrogens is 1430 g/mol. The predicted molar refractivity (Wildman–Crippen MR) is 560 cm³/mol. The standard InChI is InChI=1S/C14H30.C12H26.C11H24.C10H22.C9H20.C8H17NO.C8H19N.C8H18.C7H17N.C7H16.C6H15N.C6H14O.C6H14/c1-13(2)11-9-7-5-6-8-10-12-14(3)4;1-11(2)9-7-5-6-8-10-12(3)4;1-10(2)8-6-5-7-9-11(3)4;1-9(2)7-5-6-8-10(3)4;1-8(2)6-5-7-9(3)4;1-6(2)8(10)5-9-7(3)4;1-7(2)5-6-9-8(3)4;1-7(2)5-6-8(3)4;1-6(2)5-8-7(3)4;1-6(2)5-7(3)4;2*1-5(2)7-6(3)4;1-5(2)6(3)4/h13-14H,5-12H2,1-4H3;11-12H,5-10H2,1-4H3;10-11H,5-9H2,1-4H3;9-10H,5-8H2,1-4H3;8-9H,5-7H2,1-4H3;6-7,9H,5H2,1-4H3;7-9H,5-6H2,1-4H3;7-8H,5-6H2,1-4H3;6-8H,5H2,1-4H3;6-7H,5H2,1-4H3;5-7H,1-4H3;5-6H,1-4H3;5-6H,1-4H3. The molecule has 0 heterocycles. The highest BCUT2D eigenvalue weighted by molar-refractivity contribution is 5.82. The van der Waals surface area contributed by atoms with Gasteiger partial charge in [0.15, 0.2) is 0 Å². The summed E-state index contributed by atoms with van der Waals surface area (Å²) >= 11 is 0. The van der Waals surface area contributed by atoms with Gasteiger partial charge in [-0.15, -0.1) is 0 Å². The predicted octanol–water partition coefficient (Wildman–Crippen LogP) is 37.8. The van der Waals surface area contributed by atoms with Crippen molar-refractivity contribution >= 4 is 5.78 Å². The minimum absolute atomic E-state index is 0.159. The number of rotatable bonds is 52. The second-order valence-electron chi connectivity index (χ2n) is 45.5. The monoisotopic (exact) mass is 1690 g/mol. The zero-order chi connectivity index (χ0) is 95.5. The smallest absolute Gasteiger partial charge is 0.149 e. The maximum absolute atomic E-state index is 11.0. The Labute approximate surface area is 759 Å². The third-order valence-electron chi connectivity index (χ3n) is 18.9. The van der Waals surface area contributed by atoms with Crippen LogP contribution in [-0.2, 0) is 9.53 Å². The van der Waals surface area contributed by atoms with Gasteiger partial charge in [0.05, 0.1) is 18.8 Å². The number of Topliss-reactive ketones (excluding diaryl/α,β-unsaturated/α-hetero) is 1. The first-order chi connectivity index (χ1) is 54.1. The molecule has 0 spiro atoms. The van der Waals surface area contributed by atoms with Gasteiger partial charge in [-0.1, -0.05) is 512 Å². The summed E-state index contributed by atoms with van der Waals surface area (Å²) in [6, 6.07) is 2.93. The van der Waals surface area contributed by atoms with E-state index in [-0.39, 0.29) is 11.7 Å². The minimum atomic E-state index is 0.159. The van der Waals surface area contributed by atoms with Crippen LogP contribution in [0.3, 0.4) is 0 Å². The van der Waals surface area contributed by atoms with Crippen LogP contribution in [0.1, 0.15) is 553 Å². The molecule has 4 N–H and O–H groups in total. The number of hydrogen-bond acceptors (Lipinski definition) is 6. The zero-order valence-electron chi connectivity index (χ0n) is 93.7. The summed E-state index contributed by atoms with van der Waals surface area (Å²) in [5.74, 6) is 16.2. The first kappa shape index (κ1) is 146. The third-order valence-corrected chi connectivity index (χ3v) is 18.9. The molecule has 0 saturated carbocycles. The maximum atomic E-state index is 11.0.